The molecule has 1 aromatic rings. The summed E-state index contributed by atoms with van der Waals surface area (Å²) in [6.45, 7) is 0. The summed E-state index contributed by atoms with van der Waals surface area (Å²) in [6.07, 6.45) is 1.73. The molecule has 0 atom stereocenters. The van der Waals surface area contributed by atoms with Gasteiger partial charge in [-0.25, -0.2) is 8.42 Å². The summed E-state index contributed by atoms with van der Waals surface area (Å²) in [5.41, 5.74) is 0.579. The van der Waals surface area contributed by atoms with Crippen molar-refractivity contribution in [3.05, 3.63) is 35.4 Å². The summed E-state index contributed by atoms with van der Waals surface area (Å²) in [4.78, 5) is 24.0. The van der Waals surface area contributed by atoms with Crippen molar-refractivity contribution < 1.29 is 18.0 Å². The molecule has 1 aliphatic carbocycles. The zero-order valence-electron chi connectivity index (χ0n) is 9.71. The van der Waals surface area contributed by atoms with Crippen LogP contribution in [0.25, 0.3) is 0 Å². The van der Waals surface area contributed by atoms with Crippen LogP contribution in [-0.4, -0.2) is 36.3 Å². The SMILES string of the molecule is CS(=O)(=O)C1(N2C(=O)c3ccccc3C2=O)CC1. The molecular weight excluding hydrogens is 254 g/mol. The Morgan fingerprint density at radius 1 is 1.06 bits per heavy atom. The molecule has 5 nitrogen and oxygen atoms in total. The van der Waals surface area contributed by atoms with Gasteiger partial charge in [0.1, 0.15) is 0 Å². The molecule has 1 aliphatic heterocycles. The molecule has 2 aliphatic rings. The first kappa shape index (κ1) is 11.4. The molecule has 0 saturated heterocycles. The van der Waals surface area contributed by atoms with Crippen LogP contribution < -0.4 is 0 Å². The summed E-state index contributed by atoms with van der Waals surface area (Å²) in [7, 11) is -3.47. The van der Waals surface area contributed by atoms with Crippen molar-refractivity contribution in [1.29, 1.82) is 0 Å². The molecule has 0 aromatic heterocycles. The fourth-order valence-corrected chi connectivity index (χ4v) is 3.77. The van der Waals surface area contributed by atoms with E-state index in [0.717, 1.165) is 11.2 Å². The smallest absolute Gasteiger partial charge is 0.262 e. The third-order valence-corrected chi connectivity index (χ3v) is 5.54. The topological polar surface area (TPSA) is 71.5 Å². The van der Waals surface area contributed by atoms with Crippen LogP contribution in [-0.2, 0) is 9.84 Å². The second-order valence-electron chi connectivity index (χ2n) is 4.71. The van der Waals surface area contributed by atoms with Gasteiger partial charge < -0.3 is 0 Å². The van der Waals surface area contributed by atoms with Crippen LogP contribution >= 0.6 is 0 Å². The fourth-order valence-electron chi connectivity index (χ4n) is 2.43. The number of amides is 2. The van der Waals surface area contributed by atoms with Gasteiger partial charge in [0.2, 0.25) is 0 Å². The van der Waals surface area contributed by atoms with Crippen LogP contribution in [0.5, 0.6) is 0 Å². The maximum absolute atomic E-state index is 12.2. The summed E-state index contributed by atoms with van der Waals surface area (Å²) < 4.78 is 23.6. The third kappa shape index (κ3) is 1.23. The Bertz CT molecular complexity index is 638. The summed E-state index contributed by atoms with van der Waals surface area (Å²) in [5.74, 6) is -1.00. The molecule has 18 heavy (non-hydrogen) atoms. The van der Waals surface area contributed by atoms with E-state index in [-0.39, 0.29) is 11.1 Å². The lowest BCUT2D eigenvalue weighted by atomic mass is 10.1. The summed E-state index contributed by atoms with van der Waals surface area (Å²) in [5, 5.41) is 0. The van der Waals surface area contributed by atoms with Crippen LogP contribution in [0.1, 0.15) is 33.6 Å². The van der Waals surface area contributed by atoms with Gasteiger partial charge in [-0.3, -0.25) is 14.5 Å². The Hall–Kier alpha value is -1.69. The molecule has 0 radical (unpaired) electrons. The minimum Gasteiger partial charge on any atom is -0.269 e. The predicted octanol–water partition coefficient (Wildman–Crippen LogP) is 0.817. The number of fused-ring (bicyclic) bond motifs is 1. The molecule has 1 aromatic carbocycles. The number of rotatable bonds is 2. The first-order chi connectivity index (χ1) is 8.38. The number of hydrogen-bond acceptors (Lipinski definition) is 4. The lowest BCUT2D eigenvalue weighted by Crippen LogP contribution is -2.46. The van der Waals surface area contributed by atoms with Crippen LogP contribution in [0.4, 0.5) is 0 Å². The van der Waals surface area contributed by atoms with Gasteiger partial charge in [0.05, 0.1) is 11.1 Å². The second-order valence-corrected chi connectivity index (χ2v) is 7.01. The molecule has 1 fully saturated rings. The lowest BCUT2D eigenvalue weighted by molar-refractivity contribution is 0.0617. The number of carbonyl (C=O) groups excluding carboxylic acids is 2. The fraction of sp³-hybridized carbons (Fsp3) is 0.333. The van der Waals surface area contributed by atoms with Gasteiger partial charge >= 0.3 is 0 Å². The monoisotopic (exact) mass is 265 g/mol. The number of hydrogen-bond donors (Lipinski definition) is 0. The first-order valence-electron chi connectivity index (χ1n) is 5.56. The minimum atomic E-state index is -3.47. The Morgan fingerprint density at radius 3 is 1.83 bits per heavy atom. The first-order valence-corrected chi connectivity index (χ1v) is 7.45. The number of nitrogens with zero attached hydrogens (tertiary/aromatic N) is 1. The molecular formula is C12H11NO4S. The van der Waals surface area contributed by atoms with Gasteiger partial charge in [-0.1, -0.05) is 12.1 Å². The number of carbonyl (C=O) groups is 2. The Balaban J connectivity index is 2.15. The largest absolute Gasteiger partial charge is 0.269 e. The predicted molar refractivity (Wildman–Crippen MR) is 63.8 cm³/mol. The van der Waals surface area contributed by atoms with Crippen LogP contribution in [0.15, 0.2) is 24.3 Å². The van der Waals surface area contributed by atoms with E-state index in [1.807, 2.05) is 0 Å². The van der Waals surface area contributed by atoms with E-state index in [1.165, 1.54) is 0 Å². The zero-order chi connectivity index (χ0) is 13.1. The van der Waals surface area contributed by atoms with Crippen molar-refractivity contribution >= 4 is 21.7 Å². The van der Waals surface area contributed by atoms with E-state index in [1.54, 1.807) is 24.3 Å². The van der Waals surface area contributed by atoms with Gasteiger partial charge in [0, 0.05) is 6.26 Å². The molecule has 0 unspecified atom stereocenters. The van der Waals surface area contributed by atoms with Crippen molar-refractivity contribution in [2.75, 3.05) is 6.26 Å². The highest BCUT2D eigenvalue weighted by atomic mass is 32.2. The standard InChI is InChI=1S/C12H11NO4S/c1-18(16,17)12(6-7-12)13-10(14)8-4-2-3-5-9(8)11(13)15/h2-5H,6-7H2,1H3. The van der Waals surface area contributed by atoms with Crippen LogP contribution in [0.3, 0.4) is 0 Å². The van der Waals surface area contributed by atoms with Gasteiger partial charge in [0.15, 0.2) is 14.7 Å². The summed E-state index contributed by atoms with van der Waals surface area (Å²) in [6, 6.07) is 6.42. The van der Waals surface area contributed by atoms with E-state index in [0.29, 0.717) is 12.8 Å². The van der Waals surface area contributed by atoms with Crippen molar-refractivity contribution in [3.8, 4) is 0 Å². The molecule has 0 spiro atoms. The van der Waals surface area contributed by atoms with E-state index in [4.69, 9.17) is 0 Å². The maximum Gasteiger partial charge on any atom is 0.262 e. The third-order valence-electron chi connectivity index (χ3n) is 3.57. The molecule has 6 heteroatoms. The molecule has 2 amide bonds. The van der Waals surface area contributed by atoms with Gasteiger partial charge in [-0.15, -0.1) is 0 Å². The molecule has 1 heterocycles. The van der Waals surface area contributed by atoms with Gasteiger partial charge in [-0.2, -0.15) is 0 Å². The Morgan fingerprint density at radius 2 is 1.50 bits per heavy atom. The lowest BCUT2D eigenvalue weighted by Gasteiger charge is -2.23. The van der Waals surface area contributed by atoms with Crippen LogP contribution in [0.2, 0.25) is 0 Å². The van der Waals surface area contributed by atoms with Gasteiger partial charge in [0.25, 0.3) is 11.8 Å². The average Bonchev–Trinajstić information content (AvgIpc) is 3.06. The molecule has 94 valence electrons. The van der Waals surface area contributed by atoms with Crippen LogP contribution in [0, 0.1) is 0 Å². The normalized spacial score (nSPS) is 21.1. The Labute approximate surface area is 104 Å². The molecule has 3 rings (SSSR count). The van der Waals surface area contributed by atoms with Crippen molar-refractivity contribution in [2.24, 2.45) is 0 Å². The molecule has 0 bridgehead atoms. The van der Waals surface area contributed by atoms with Crippen molar-refractivity contribution in [2.45, 2.75) is 17.7 Å². The maximum atomic E-state index is 12.2. The number of sulfone groups is 1. The van der Waals surface area contributed by atoms with Crippen molar-refractivity contribution in [3.63, 3.8) is 0 Å². The average molecular weight is 265 g/mol. The quantitative estimate of drug-likeness (QED) is 0.742. The minimum absolute atomic E-state index is 0.289. The van der Waals surface area contributed by atoms with Gasteiger partial charge in [-0.05, 0) is 25.0 Å². The number of benzene rings is 1. The Kier molecular flexibility index (Phi) is 2.03. The summed E-state index contributed by atoms with van der Waals surface area (Å²) >= 11 is 0. The highest BCUT2D eigenvalue weighted by molar-refractivity contribution is 7.92. The van der Waals surface area contributed by atoms with E-state index in [2.05, 4.69) is 0 Å². The zero-order valence-corrected chi connectivity index (χ0v) is 10.5. The second kappa shape index (κ2) is 3.20. The van der Waals surface area contributed by atoms with E-state index in [9.17, 15) is 18.0 Å². The number of imide groups is 1. The van der Waals surface area contributed by atoms with E-state index >= 15 is 0 Å². The molecule has 1 saturated carbocycles. The highest BCUT2D eigenvalue weighted by Crippen LogP contribution is 2.49. The van der Waals surface area contributed by atoms with Crippen molar-refractivity contribution in [1.82, 2.24) is 4.90 Å². The molecule has 0 N–H and O–H groups in total. The van der Waals surface area contributed by atoms with E-state index < -0.39 is 26.5 Å². The highest BCUT2D eigenvalue weighted by Gasteiger charge is 2.63.